The number of aromatic nitrogens is 3. The van der Waals surface area contributed by atoms with Crippen molar-refractivity contribution in [2.45, 2.75) is 62.7 Å². The lowest BCUT2D eigenvalue weighted by Crippen LogP contribution is -2.34. The number of H-pyrrole nitrogens is 1. The number of hydrogen-bond acceptors (Lipinski definition) is 5. The van der Waals surface area contributed by atoms with Gasteiger partial charge in [-0.05, 0) is 36.5 Å². The summed E-state index contributed by atoms with van der Waals surface area (Å²) in [6.07, 6.45) is 8.43. The van der Waals surface area contributed by atoms with Crippen molar-refractivity contribution in [1.82, 2.24) is 20.1 Å². The van der Waals surface area contributed by atoms with Gasteiger partial charge in [0.2, 0.25) is 11.1 Å². The van der Waals surface area contributed by atoms with Crippen molar-refractivity contribution in [2.24, 2.45) is 5.92 Å². The first-order valence-corrected chi connectivity index (χ1v) is 11.2. The van der Waals surface area contributed by atoms with Crippen LogP contribution >= 0.6 is 11.8 Å². The van der Waals surface area contributed by atoms with Gasteiger partial charge in [-0.25, -0.2) is 4.98 Å². The molecule has 0 saturated heterocycles. The summed E-state index contributed by atoms with van der Waals surface area (Å²) >= 11 is 1.43. The molecule has 0 bridgehead atoms. The van der Waals surface area contributed by atoms with Crippen LogP contribution in [0.15, 0.2) is 29.4 Å². The first-order chi connectivity index (χ1) is 13.7. The van der Waals surface area contributed by atoms with Crippen molar-refractivity contribution >= 4 is 17.7 Å². The summed E-state index contributed by atoms with van der Waals surface area (Å²) in [6, 6.07) is 8.32. The van der Waals surface area contributed by atoms with E-state index in [4.69, 9.17) is 4.74 Å². The first kappa shape index (κ1) is 19.3. The van der Waals surface area contributed by atoms with Crippen molar-refractivity contribution in [3.63, 3.8) is 0 Å². The minimum absolute atomic E-state index is 0.158. The topological polar surface area (TPSA) is 71.1 Å². The molecule has 2 aliphatic carbocycles. The molecule has 1 aromatic heterocycles. The maximum Gasteiger partial charge on any atom is 0.233 e. The van der Waals surface area contributed by atoms with Gasteiger partial charge < -0.3 is 9.64 Å². The fourth-order valence-corrected chi connectivity index (χ4v) is 4.57. The number of methoxy groups -OCH3 is 1. The van der Waals surface area contributed by atoms with Crippen LogP contribution in [0.2, 0.25) is 0 Å². The minimum atomic E-state index is 0.158. The molecule has 0 aliphatic heterocycles. The van der Waals surface area contributed by atoms with E-state index < -0.39 is 0 Å². The highest BCUT2D eigenvalue weighted by Crippen LogP contribution is 2.30. The van der Waals surface area contributed by atoms with Crippen molar-refractivity contribution in [3.8, 4) is 5.75 Å². The van der Waals surface area contributed by atoms with E-state index in [9.17, 15) is 4.79 Å². The molecule has 1 amide bonds. The molecule has 7 heteroatoms. The average molecular weight is 401 g/mol. The van der Waals surface area contributed by atoms with Crippen LogP contribution in [0.25, 0.3) is 0 Å². The Labute approximate surface area is 170 Å². The predicted octanol–water partition coefficient (Wildman–Crippen LogP) is 3.83. The van der Waals surface area contributed by atoms with Gasteiger partial charge in [-0.3, -0.25) is 9.89 Å². The van der Waals surface area contributed by atoms with Crippen LogP contribution in [0.4, 0.5) is 0 Å². The number of thioether (sulfide) groups is 1. The van der Waals surface area contributed by atoms with Crippen LogP contribution in [0.1, 0.15) is 49.9 Å². The summed E-state index contributed by atoms with van der Waals surface area (Å²) in [7, 11) is 1.66. The number of nitrogens with one attached hydrogen (secondary N) is 1. The summed E-state index contributed by atoms with van der Waals surface area (Å²) in [5, 5.41) is 8.03. The van der Waals surface area contributed by atoms with Crippen LogP contribution in [0.3, 0.4) is 0 Å². The van der Waals surface area contributed by atoms with Crippen molar-refractivity contribution in [1.29, 1.82) is 0 Å². The van der Waals surface area contributed by atoms with Gasteiger partial charge in [0.05, 0.1) is 12.9 Å². The molecule has 1 aromatic carbocycles. The Bertz CT molecular complexity index is 782. The molecule has 2 aliphatic rings. The molecular formula is C21H28N4O2S. The van der Waals surface area contributed by atoms with Crippen LogP contribution in [-0.2, 0) is 17.8 Å². The number of aromatic amines is 1. The molecule has 28 heavy (non-hydrogen) atoms. The molecule has 0 spiro atoms. The van der Waals surface area contributed by atoms with Gasteiger partial charge in [0.25, 0.3) is 0 Å². The molecule has 0 unspecified atom stereocenters. The Kier molecular flexibility index (Phi) is 6.20. The Balaban J connectivity index is 1.30. The summed E-state index contributed by atoms with van der Waals surface area (Å²) in [6.45, 7) is 0.648. The van der Waals surface area contributed by atoms with E-state index in [2.05, 4.69) is 15.2 Å². The van der Waals surface area contributed by atoms with E-state index in [1.54, 1.807) is 7.11 Å². The standard InChI is InChI=1S/C21H28N4O2S/c1-27-18-10-6-16(7-11-18)13-25(17-8-9-17)20(26)14-28-21-22-19(23-24-21)12-15-4-2-3-5-15/h6-7,10-11,15,17H,2-5,8-9,12-14H2,1H3,(H,22,23,24). The zero-order chi connectivity index (χ0) is 19.3. The van der Waals surface area contributed by atoms with Gasteiger partial charge in [-0.15, -0.1) is 5.10 Å². The second kappa shape index (κ2) is 8.99. The minimum Gasteiger partial charge on any atom is -0.497 e. The predicted molar refractivity (Wildman–Crippen MR) is 109 cm³/mol. The normalized spacial score (nSPS) is 17.0. The second-order valence-corrected chi connectivity index (χ2v) is 8.75. The molecule has 4 rings (SSSR count). The van der Waals surface area contributed by atoms with E-state index >= 15 is 0 Å². The van der Waals surface area contributed by atoms with Crippen LogP contribution in [-0.4, -0.2) is 44.9 Å². The van der Waals surface area contributed by atoms with Crippen LogP contribution in [0, 0.1) is 5.92 Å². The van der Waals surface area contributed by atoms with Crippen LogP contribution < -0.4 is 4.74 Å². The average Bonchev–Trinajstić information content (AvgIpc) is 3.24. The quantitative estimate of drug-likeness (QED) is 0.648. The number of carbonyl (C=O) groups is 1. The Morgan fingerprint density at radius 2 is 1.96 bits per heavy atom. The zero-order valence-corrected chi connectivity index (χ0v) is 17.2. The molecule has 1 N–H and O–H groups in total. The lowest BCUT2D eigenvalue weighted by atomic mass is 10.0. The van der Waals surface area contributed by atoms with Crippen molar-refractivity contribution in [2.75, 3.05) is 12.9 Å². The van der Waals surface area contributed by atoms with Crippen LogP contribution in [0.5, 0.6) is 5.75 Å². The third-order valence-electron chi connectivity index (χ3n) is 5.61. The Morgan fingerprint density at radius 1 is 1.21 bits per heavy atom. The Hall–Kier alpha value is -2.02. The van der Waals surface area contributed by atoms with Gasteiger partial charge in [0, 0.05) is 19.0 Å². The van der Waals surface area contributed by atoms with E-state index in [0.717, 1.165) is 42.3 Å². The van der Waals surface area contributed by atoms with Gasteiger partial charge in [0.1, 0.15) is 11.6 Å². The monoisotopic (exact) mass is 400 g/mol. The number of carbonyl (C=O) groups excluding carboxylic acids is 1. The number of rotatable bonds is 9. The lowest BCUT2D eigenvalue weighted by molar-refractivity contribution is -0.129. The lowest BCUT2D eigenvalue weighted by Gasteiger charge is -2.22. The summed E-state index contributed by atoms with van der Waals surface area (Å²) in [4.78, 5) is 19.4. The number of nitrogens with zero attached hydrogens (tertiary/aromatic N) is 3. The molecule has 150 valence electrons. The van der Waals surface area contributed by atoms with Crippen molar-refractivity contribution < 1.29 is 9.53 Å². The molecule has 0 radical (unpaired) electrons. The third-order valence-corrected chi connectivity index (χ3v) is 6.44. The SMILES string of the molecule is COc1ccc(CN(C(=O)CSc2n[nH]c(CC3CCCC3)n2)C2CC2)cc1. The number of ether oxygens (including phenoxy) is 1. The van der Waals surface area contributed by atoms with E-state index in [1.807, 2.05) is 29.2 Å². The van der Waals surface area contributed by atoms with Gasteiger partial charge >= 0.3 is 0 Å². The summed E-state index contributed by atoms with van der Waals surface area (Å²) in [5.41, 5.74) is 1.13. The molecule has 2 aromatic rings. The summed E-state index contributed by atoms with van der Waals surface area (Å²) < 4.78 is 5.21. The third kappa shape index (κ3) is 5.07. The number of benzene rings is 1. The number of hydrogen-bond donors (Lipinski definition) is 1. The smallest absolute Gasteiger partial charge is 0.233 e. The highest BCUT2D eigenvalue weighted by molar-refractivity contribution is 7.99. The summed E-state index contributed by atoms with van der Waals surface area (Å²) in [5.74, 6) is 3.07. The van der Waals surface area contributed by atoms with E-state index in [0.29, 0.717) is 23.5 Å². The molecule has 1 heterocycles. The first-order valence-electron chi connectivity index (χ1n) is 10.2. The number of amides is 1. The molecule has 0 atom stereocenters. The largest absolute Gasteiger partial charge is 0.497 e. The fraction of sp³-hybridized carbons (Fsp3) is 0.571. The molecule has 6 nitrogen and oxygen atoms in total. The van der Waals surface area contributed by atoms with E-state index in [1.165, 1.54) is 37.4 Å². The maximum atomic E-state index is 12.8. The van der Waals surface area contributed by atoms with Gasteiger partial charge in [-0.2, -0.15) is 0 Å². The maximum absolute atomic E-state index is 12.8. The molecule has 2 fully saturated rings. The van der Waals surface area contributed by atoms with Crippen molar-refractivity contribution in [3.05, 3.63) is 35.7 Å². The second-order valence-electron chi connectivity index (χ2n) is 7.81. The highest BCUT2D eigenvalue weighted by atomic mass is 32.2. The Morgan fingerprint density at radius 3 is 2.64 bits per heavy atom. The van der Waals surface area contributed by atoms with E-state index in [-0.39, 0.29) is 5.91 Å². The van der Waals surface area contributed by atoms with Gasteiger partial charge in [0.15, 0.2) is 0 Å². The highest BCUT2D eigenvalue weighted by Gasteiger charge is 2.32. The molecular weight excluding hydrogens is 372 g/mol. The zero-order valence-electron chi connectivity index (χ0n) is 16.4. The molecule has 2 saturated carbocycles. The van der Waals surface area contributed by atoms with Gasteiger partial charge in [-0.1, -0.05) is 49.6 Å². The fourth-order valence-electron chi connectivity index (χ4n) is 3.87.